The first-order valence-corrected chi connectivity index (χ1v) is 6.37. The topological polar surface area (TPSA) is 29.9 Å². The lowest BCUT2D eigenvalue weighted by Gasteiger charge is -2.19. The fraction of sp³-hybridized carbons (Fsp3) is 0.357. The van der Waals surface area contributed by atoms with Gasteiger partial charge in [-0.1, -0.05) is 17.7 Å². The number of aromatic nitrogens is 2. The van der Waals surface area contributed by atoms with E-state index >= 15 is 0 Å². The molecular formula is C14H18ClN3. The number of nitrogens with one attached hydrogen (secondary N) is 1. The average molecular weight is 264 g/mol. The van der Waals surface area contributed by atoms with E-state index < -0.39 is 0 Å². The first kappa shape index (κ1) is 13.1. The summed E-state index contributed by atoms with van der Waals surface area (Å²) < 4.78 is 1.84. The van der Waals surface area contributed by atoms with Crippen LogP contribution in [-0.2, 0) is 6.54 Å². The van der Waals surface area contributed by atoms with Crippen molar-refractivity contribution in [2.75, 3.05) is 0 Å². The molecule has 0 spiro atoms. The molecule has 2 rings (SSSR count). The van der Waals surface area contributed by atoms with Crippen LogP contribution in [0.5, 0.6) is 0 Å². The fourth-order valence-electron chi connectivity index (χ4n) is 1.57. The van der Waals surface area contributed by atoms with Crippen molar-refractivity contribution in [2.24, 2.45) is 0 Å². The zero-order valence-electron chi connectivity index (χ0n) is 10.9. The molecule has 0 amide bonds. The smallest absolute Gasteiger partial charge is 0.0767 e. The first-order chi connectivity index (χ1) is 8.44. The molecule has 1 N–H and O–H groups in total. The Morgan fingerprint density at radius 1 is 1.28 bits per heavy atom. The van der Waals surface area contributed by atoms with Crippen molar-refractivity contribution < 1.29 is 0 Å². The summed E-state index contributed by atoms with van der Waals surface area (Å²) in [5.74, 6) is 0. The highest BCUT2D eigenvalue weighted by atomic mass is 35.5. The van der Waals surface area contributed by atoms with Crippen LogP contribution in [0.25, 0.3) is 5.69 Å². The number of hydrogen-bond acceptors (Lipinski definition) is 2. The molecule has 0 unspecified atom stereocenters. The van der Waals surface area contributed by atoms with Crippen LogP contribution in [0.3, 0.4) is 0 Å². The maximum Gasteiger partial charge on any atom is 0.0767 e. The first-order valence-electron chi connectivity index (χ1n) is 5.99. The fourth-order valence-corrected chi connectivity index (χ4v) is 1.76. The summed E-state index contributed by atoms with van der Waals surface area (Å²) >= 11 is 5.97. The highest BCUT2D eigenvalue weighted by Gasteiger charge is 2.09. The molecule has 0 aliphatic heterocycles. The van der Waals surface area contributed by atoms with Gasteiger partial charge in [0.2, 0.25) is 0 Å². The second-order valence-electron chi connectivity index (χ2n) is 5.34. The zero-order chi connectivity index (χ0) is 13.2. The van der Waals surface area contributed by atoms with E-state index in [0.717, 1.165) is 22.9 Å². The van der Waals surface area contributed by atoms with Gasteiger partial charge in [-0.25, -0.2) is 4.68 Å². The molecule has 4 heteroatoms. The maximum atomic E-state index is 5.97. The lowest BCUT2D eigenvalue weighted by molar-refractivity contribution is 0.420. The summed E-state index contributed by atoms with van der Waals surface area (Å²) in [5, 5.41) is 8.65. The monoisotopic (exact) mass is 263 g/mol. The second kappa shape index (κ2) is 5.12. The van der Waals surface area contributed by atoms with Gasteiger partial charge in [-0.2, -0.15) is 5.10 Å². The molecule has 2 aromatic rings. The molecule has 96 valence electrons. The van der Waals surface area contributed by atoms with E-state index in [9.17, 15) is 0 Å². The Morgan fingerprint density at radius 2 is 2.06 bits per heavy atom. The molecule has 1 aromatic heterocycles. The summed E-state index contributed by atoms with van der Waals surface area (Å²) in [5.41, 5.74) is 2.09. The predicted molar refractivity (Wildman–Crippen MR) is 75.2 cm³/mol. The largest absolute Gasteiger partial charge is 0.306 e. The molecule has 0 saturated heterocycles. The quantitative estimate of drug-likeness (QED) is 0.920. The van der Waals surface area contributed by atoms with Gasteiger partial charge in [0.25, 0.3) is 0 Å². The van der Waals surface area contributed by atoms with Gasteiger partial charge in [-0.3, -0.25) is 0 Å². The molecule has 3 nitrogen and oxygen atoms in total. The van der Waals surface area contributed by atoms with Crippen molar-refractivity contribution in [3.05, 3.63) is 47.2 Å². The van der Waals surface area contributed by atoms with E-state index in [2.05, 4.69) is 31.2 Å². The van der Waals surface area contributed by atoms with Crippen LogP contribution in [-0.4, -0.2) is 15.3 Å². The molecule has 0 fully saturated rings. The van der Waals surface area contributed by atoms with Gasteiger partial charge >= 0.3 is 0 Å². The van der Waals surface area contributed by atoms with Crippen molar-refractivity contribution in [3.8, 4) is 5.69 Å². The Kier molecular flexibility index (Phi) is 3.73. The number of rotatable bonds is 3. The van der Waals surface area contributed by atoms with Crippen LogP contribution < -0.4 is 5.32 Å². The molecule has 0 aliphatic rings. The molecule has 0 atom stereocenters. The average Bonchev–Trinajstić information content (AvgIpc) is 2.74. The minimum absolute atomic E-state index is 0.0971. The van der Waals surface area contributed by atoms with E-state index in [1.165, 1.54) is 0 Å². The third-order valence-corrected chi connectivity index (χ3v) is 2.75. The molecular weight excluding hydrogens is 246 g/mol. The van der Waals surface area contributed by atoms with Gasteiger partial charge in [-0.15, -0.1) is 0 Å². The molecule has 0 saturated carbocycles. The molecule has 0 radical (unpaired) electrons. The standard InChI is InChI=1S/C14H18ClN3/c1-14(2,3)16-10-12-7-8-18(17-12)13-6-4-5-11(15)9-13/h4-9,16H,10H2,1-3H3. The van der Waals surface area contributed by atoms with Crippen molar-refractivity contribution in [3.63, 3.8) is 0 Å². The molecule has 18 heavy (non-hydrogen) atoms. The van der Waals surface area contributed by atoms with Crippen LogP contribution in [0.1, 0.15) is 26.5 Å². The van der Waals surface area contributed by atoms with Crippen molar-refractivity contribution in [1.82, 2.24) is 15.1 Å². The van der Waals surface area contributed by atoms with Gasteiger partial charge in [-0.05, 0) is 45.0 Å². The minimum Gasteiger partial charge on any atom is -0.306 e. The second-order valence-corrected chi connectivity index (χ2v) is 5.77. The SMILES string of the molecule is CC(C)(C)NCc1ccn(-c2cccc(Cl)c2)n1. The lowest BCUT2D eigenvalue weighted by Crippen LogP contribution is -2.35. The maximum absolute atomic E-state index is 5.97. The molecule has 0 aliphatic carbocycles. The summed E-state index contributed by atoms with van der Waals surface area (Å²) in [6.07, 6.45) is 1.95. The summed E-state index contributed by atoms with van der Waals surface area (Å²) in [4.78, 5) is 0. The Bertz CT molecular complexity index is 526. The van der Waals surface area contributed by atoms with Gasteiger partial charge in [0, 0.05) is 23.3 Å². The molecule has 1 heterocycles. The summed E-state index contributed by atoms with van der Waals surface area (Å²) in [7, 11) is 0. The Hall–Kier alpha value is -1.32. The van der Waals surface area contributed by atoms with E-state index in [1.54, 1.807) is 0 Å². The third kappa shape index (κ3) is 3.59. The predicted octanol–water partition coefficient (Wildman–Crippen LogP) is 3.41. The minimum atomic E-state index is 0.0971. The van der Waals surface area contributed by atoms with Crippen LogP contribution in [0.2, 0.25) is 5.02 Å². The summed E-state index contributed by atoms with van der Waals surface area (Å²) in [6.45, 7) is 7.18. The van der Waals surface area contributed by atoms with Crippen molar-refractivity contribution in [1.29, 1.82) is 0 Å². The number of nitrogens with zero attached hydrogens (tertiary/aromatic N) is 2. The highest BCUT2D eigenvalue weighted by Crippen LogP contribution is 2.14. The van der Waals surface area contributed by atoms with Gasteiger partial charge in [0.1, 0.15) is 0 Å². The van der Waals surface area contributed by atoms with E-state index in [4.69, 9.17) is 11.6 Å². The number of halogens is 1. The van der Waals surface area contributed by atoms with Crippen LogP contribution >= 0.6 is 11.6 Å². The van der Waals surface area contributed by atoms with Gasteiger partial charge in [0.05, 0.1) is 11.4 Å². The van der Waals surface area contributed by atoms with Crippen molar-refractivity contribution in [2.45, 2.75) is 32.9 Å². The Morgan fingerprint density at radius 3 is 2.72 bits per heavy atom. The van der Waals surface area contributed by atoms with Gasteiger partial charge < -0.3 is 5.32 Å². The van der Waals surface area contributed by atoms with Crippen LogP contribution in [0.15, 0.2) is 36.5 Å². The normalized spacial score (nSPS) is 11.8. The van der Waals surface area contributed by atoms with Crippen LogP contribution in [0.4, 0.5) is 0 Å². The highest BCUT2D eigenvalue weighted by molar-refractivity contribution is 6.30. The van der Waals surface area contributed by atoms with E-state index in [0.29, 0.717) is 0 Å². The third-order valence-electron chi connectivity index (χ3n) is 2.52. The summed E-state index contributed by atoms with van der Waals surface area (Å²) in [6, 6.07) is 9.68. The van der Waals surface area contributed by atoms with Crippen LogP contribution in [0, 0.1) is 0 Å². The van der Waals surface area contributed by atoms with Gasteiger partial charge in [0.15, 0.2) is 0 Å². The zero-order valence-corrected chi connectivity index (χ0v) is 11.7. The van der Waals surface area contributed by atoms with Crippen molar-refractivity contribution >= 4 is 11.6 Å². The lowest BCUT2D eigenvalue weighted by atomic mass is 10.1. The number of hydrogen-bond donors (Lipinski definition) is 1. The number of benzene rings is 1. The van der Waals surface area contributed by atoms with E-state index in [1.807, 2.05) is 41.2 Å². The molecule has 1 aromatic carbocycles. The Labute approximate surface area is 113 Å². The molecule has 0 bridgehead atoms. The Balaban J connectivity index is 2.11. The van der Waals surface area contributed by atoms with E-state index in [-0.39, 0.29) is 5.54 Å².